The zero-order valence-corrected chi connectivity index (χ0v) is 11.1. The van der Waals surface area contributed by atoms with Gasteiger partial charge in [-0.2, -0.15) is 0 Å². The van der Waals surface area contributed by atoms with Crippen molar-refractivity contribution in [2.24, 2.45) is 23.5 Å². The first kappa shape index (κ1) is 13.8. The summed E-state index contributed by atoms with van der Waals surface area (Å²) in [7, 11) is 0. The van der Waals surface area contributed by atoms with Gasteiger partial charge < -0.3 is 16.2 Å². The number of hydrogen-bond acceptors (Lipinski definition) is 3. The average Bonchev–Trinajstić information content (AvgIpc) is 3.20. The Morgan fingerprint density at radius 2 is 1.89 bits per heavy atom. The van der Waals surface area contributed by atoms with Crippen molar-refractivity contribution in [3.05, 3.63) is 0 Å². The lowest BCUT2D eigenvalue weighted by atomic mass is 9.79. The predicted octanol–water partition coefficient (Wildman–Crippen LogP) is 1.03. The molecule has 2 saturated carbocycles. The number of aliphatic hydroxyl groups is 1. The van der Waals surface area contributed by atoms with Crippen LogP contribution in [0.1, 0.15) is 44.9 Å². The Morgan fingerprint density at radius 1 is 1.22 bits per heavy atom. The van der Waals surface area contributed by atoms with Gasteiger partial charge in [0.1, 0.15) is 0 Å². The predicted molar refractivity (Wildman–Crippen MR) is 70.9 cm³/mol. The van der Waals surface area contributed by atoms with Crippen LogP contribution in [0.15, 0.2) is 0 Å². The third kappa shape index (κ3) is 3.95. The van der Waals surface area contributed by atoms with Crippen LogP contribution in [0.5, 0.6) is 0 Å². The van der Waals surface area contributed by atoms with Gasteiger partial charge in [-0.25, -0.2) is 0 Å². The standard InChI is InChI=1S/C14H26N2O2/c15-13(7-10-5-6-10)14(18)16-8-11-3-1-2-4-12(11)9-17/h10-13,17H,1-9,15H2,(H,16,18)/t11?,12?,13-/m0/s1. The van der Waals surface area contributed by atoms with Crippen molar-refractivity contribution in [3.8, 4) is 0 Å². The molecule has 0 spiro atoms. The number of hydrogen-bond donors (Lipinski definition) is 3. The van der Waals surface area contributed by atoms with Crippen LogP contribution in [0.4, 0.5) is 0 Å². The lowest BCUT2D eigenvalue weighted by molar-refractivity contribution is -0.123. The number of rotatable bonds is 6. The largest absolute Gasteiger partial charge is 0.396 e. The third-order valence-corrected chi connectivity index (χ3v) is 4.46. The summed E-state index contributed by atoms with van der Waals surface area (Å²) in [6.45, 7) is 0.928. The summed E-state index contributed by atoms with van der Waals surface area (Å²) in [5.74, 6) is 1.47. The van der Waals surface area contributed by atoms with E-state index in [0.29, 0.717) is 24.3 Å². The Kier molecular flexibility index (Phi) is 5.01. The SMILES string of the molecule is N[C@@H](CC1CC1)C(=O)NCC1CCCCC1CO. The fourth-order valence-electron chi connectivity index (χ4n) is 2.98. The summed E-state index contributed by atoms with van der Waals surface area (Å²) >= 11 is 0. The molecule has 0 aromatic heterocycles. The molecule has 104 valence electrons. The summed E-state index contributed by atoms with van der Waals surface area (Å²) in [5.41, 5.74) is 5.88. The Morgan fingerprint density at radius 3 is 2.50 bits per heavy atom. The summed E-state index contributed by atoms with van der Waals surface area (Å²) in [6.07, 6.45) is 7.92. The molecule has 2 rings (SSSR count). The van der Waals surface area contributed by atoms with Crippen molar-refractivity contribution in [1.82, 2.24) is 5.32 Å². The summed E-state index contributed by atoms with van der Waals surface area (Å²) in [4.78, 5) is 11.8. The molecule has 2 aliphatic rings. The Hall–Kier alpha value is -0.610. The van der Waals surface area contributed by atoms with Crippen LogP contribution < -0.4 is 11.1 Å². The van der Waals surface area contributed by atoms with E-state index in [1.54, 1.807) is 0 Å². The number of amides is 1. The maximum atomic E-state index is 11.8. The molecule has 0 bridgehead atoms. The van der Waals surface area contributed by atoms with Crippen LogP contribution in [0.3, 0.4) is 0 Å². The highest BCUT2D eigenvalue weighted by Crippen LogP contribution is 2.33. The molecule has 3 atom stereocenters. The Labute approximate surface area is 109 Å². The van der Waals surface area contributed by atoms with E-state index >= 15 is 0 Å². The van der Waals surface area contributed by atoms with Crippen molar-refractivity contribution in [3.63, 3.8) is 0 Å². The molecule has 4 N–H and O–H groups in total. The minimum Gasteiger partial charge on any atom is -0.396 e. The first-order valence-corrected chi connectivity index (χ1v) is 7.35. The first-order valence-electron chi connectivity index (χ1n) is 7.35. The maximum absolute atomic E-state index is 11.8. The zero-order chi connectivity index (χ0) is 13.0. The minimum absolute atomic E-state index is 0.0100. The molecule has 0 aromatic carbocycles. The fraction of sp³-hybridized carbons (Fsp3) is 0.929. The molecule has 0 aromatic rings. The summed E-state index contributed by atoms with van der Waals surface area (Å²) < 4.78 is 0. The molecule has 1 amide bonds. The highest BCUT2D eigenvalue weighted by Gasteiger charge is 2.28. The molecule has 0 radical (unpaired) electrons. The molecule has 2 unspecified atom stereocenters. The number of carbonyl (C=O) groups is 1. The van der Waals surface area contributed by atoms with Crippen molar-refractivity contribution < 1.29 is 9.90 Å². The summed E-state index contributed by atoms with van der Waals surface area (Å²) in [5, 5.41) is 12.3. The fourth-order valence-corrected chi connectivity index (χ4v) is 2.98. The molecule has 0 saturated heterocycles. The van der Waals surface area contributed by atoms with E-state index in [1.807, 2.05) is 0 Å². The second kappa shape index (κ2) is 6.53. The van der Waals surface area contributed by atoms with E-state index in [0.717, 1.165) is 19.3 Å². The highest BCUT2D eigenvalue weighted by atomic mass is 16.3. The molecule has 18 heavy (non-hydrogen) atoms. The zero-order valence-electron chi connectivity index (χ0n) is 11.1. The van der Waals surface area contributed by atoms with Crippen LogP contribution in [-0.2, 0) is 4.79 Å². The molecule has 4 nitrogen and oxygen atoms in total. The van der Waals surface area contributed by atoms with Gasteiger partial charge in [-0.3, -0.25) is 4.79 Å². The van der Waals surface area contributed by atoms with Gasteiger partial charge in [-0.1, -0.05) is 25.7 Å². The molecular formula is C14H26N2O2. The number of carbonyl (C=O) groups excluding carboxylic acids is 1. The van der Waals surface area contributed by atoms with Crippen molar-refractivity contribution >= 4 is 5.91 Å². The first-order chi connectivity index (χ1) is 8.70. The van der Waals surface area contributed by atoms with E-state index < -0.39 is 0 Å². The van der Waals surface area contributed by atoms with E-state index in [1.165, 1.54) is 25.7 Å². The lowest BCUT2D eigenvalue weighted by Crippen LogP contribution is -2.44. The van der Waals surface area contributed by atoms with Crippen molar-refractivity contribution in [2.75, 3.05) is 13.2 Å². The van der Waals surface area contributed by atoms with Crippen LogP contribution >= 0.6 is 0 Å². The monoisotopic (exact) mass is 254 g/mol. The van der Waals surface area contributed by atoms with Crippen molar-refractivity contribution in [2.45, 2.75) is 51.0 Å². The number of aliphatic hydroxyl groups excluding tert-OH is 1. The molecule has 2 aliphatic carbocycles. The topological polar surface area (TPSA) is 75.4 Å². The maximum Gasteiger partial charge on any atom is 0.236 e. The Bertz CT molecular complexity index is 279. The van der Waals surface area contributed by atoms with Gasteiger partial charge in [0.25, 0.3) is 0 Å². The van der Waals surface area contributed by atoms with Gasteiger partial charge in [-0.05, 0) is 37.0 Å². The molecule has 2 fully saturated rings. The van der Waals surface area contributed by atoms with Gasteiger partial charge in [0.05, 0.1) is 6.04 Å². The Balaban J connectivity index is 1.69. The van der Waals surface area contributed by atoms with Crippen LogP contribution in [0.2, 0.25) is 0 Å². The van der Waals surface area contributed by atoms with E-state index in [4.69, 9.17) is 5.73 Å². The molecule has 0 aliphatic heterocycles. The lowest BCUT2D eigenvalue weighted by Gasteiger charge is -2.30. The van der Waals surface area contributed by atoms with Gasteiger partial charge in [0.2, 0.25) is 5.91 Å². The van der Waals surface area contributed by atoms with Gasteiger partial charge in [0, 0.05) is 13.2 Å². The smallest absolute Gasteiger partial charge is 0.236 e. The van der Waals surface area contributed by atoms with E-state index in [-0.39, 0.29) is 18.6 Å². The van der Waals surface area contributed by atoms with Crippen LogP contribution in [-0.4, -0.2) is 30.2 Å². The van der Waals surface area contributed by atoms with Gasteiger partial charge >= 0.3 is 0 Å². The quantitative estimate of drug-likeness (QED) is 0.662. The normalized spacial score (nSPS) is 29.9. The summed E-state index contributed by atoms with van der Waals surface area (Å²) in [6, 6.07) is -0.339. The highest BCUT2D eigenvalue weighted by molar-refractivity contribution is 5.81. The van der Waals surface area contributed by atoms with Crippen molar-refractivity contribution in [1.29, 1.82) is 0 Å². The van der Waals surface area contributed by atoms with E-state index in [9.17, 15) is 9.90 Å². The van der Waals surface area contributed by atoms with Gasteiger partial charge in [0.15, 0.2) is 0 Å². The minimum atomic E-state index is -0.339. The average molecular weight is 254 g/mol. The molecular weight excluding hydrogens is 228 g/mol. The molecule has 4 heteroatoms. The van der Waals surface area contributed by atoms with E-state index in [2.05, 4.69) is 5.32 Å². The second-order valence-electron chi connectivity index (χ2n) is 6.02. The molecule has 0 heterocycles. The van der Waals surface area contributed by atoms with Gasteiger partial charge in [-0.15, -0.1) is 0 Å². The third-order valence-electron chi connectivity index (χ3n) is 4.46. The second-order valence-corrected chi connectivity index (χ2v) is 6.02. The number of nitrogens with one attached hydrogen (secondary N) is 1. The number of nitrogens with two attached hydrogens (primary N) is 1. The van der Waals surface area contributed by atoms with Crippen LogP contribution in [0.25, 0.3) is 0 Å². The van der Waals surface area contributed by atoms with Crippen LogP contribution in [0, 0.1) is 17.8 Å².